The minimum absolute atomic E-state index is 0.0114. The van der Waals surface area contributed by atoms with E-state index >= 15 is 0 Å². The lowest BCUT2D eigenvalue weighted by Crippen LogP contribution is -2.48. The zero-order valence-corrected chi connectivity index (χ0v) is 17.8. The lowest BCUT2D eigenvalue weighted by atomic mass is 10.0. The van der Waals surface area contributed by atoms with Crippen LogP contribution in [0.5, 0.6) is 0 Å². The summed E-state index contributed by atoms with van der Waals surface area (Å²) in [6, 6.07) is 6.46. The monoisotopic (exact) mass is 509 g/mol. The van der Waals surface area contributed by atoms with Gasteiger partial charge in [0.15, 0.2) is 0 Å². The quantitative estimate of drug-likeness (QED) is 0.330. The third-order valence-electron chi connectivity index (χ3n) is 4.74. The Morgan fingerprint density at radius 2 is 1.72 bits per heavy atom. The summed E-state index contributed by atoms with van der Waals surface area (Å²) in [4.78, 5) is 24.6. The number of nitrogens with zero attached hydrogens (tertiary/aromatic N) is 5. The average Bonchev–Trinajstić information content (AvgIpc) is 3.33. The first-order valence-electron chi connectivity index (χ1n) is 8.83. The van der Waals surface area contributed by atoms with E-state index in [1.54, 1.807) is 24.3 Å². The number of hydrogen-bond acceptors (Lipinski definition) is 6. The summed E-state index contributed by atoms with van der Waals surface area (Å²) in [5.41, 5.74) is -0.789. The summed E-state index contributed by atoms with van der Waals surface area (Å²) in [6.07, 6.45) is 2.72. The number of carbonyl (C=O) groups excluding carboxylic acids is 1. The predicted molar refractivity (Wildman–Crippen MR) is 106 cm³/mol. The Morgan fingerprint density at radius 1 is 1.09 bits per heavy atom. The van der Waals surface area contributed by atoms with Crippen molar-refractivity contribution >= 4 is 46.7 Å². The third kappa shape index (κ3) is 4.12. The van der Waals surface area contributed by atoms with Crippen molar-refractivity contribution in [2.24, 2.45) is 0 Å². The van der Waals surface area contributed by atoms with Crippen LogP contribution in [-0.2, 0) is 15.7 Å². The SMILES string of the molecule is O=C(N(c1ncc(-c2noc(C(F)(F)Cl)n2)cn1)C1(c2ccccc2Cl)CC1)C(F)(F)Cl. The number of alkyl halides is 6. The average molecular weight is 511 g/mol. The van der Waals surface area contributed by atoms with Gasteiger partial charge in [-0.15, -0.1) is 0 Å². The standard InChI is InChI=1S/C18H10Cl3F4N5O2/c19-11-4-2-1-3-10(11)16(5-6-16)30(14(31)18(21,24)25)15-26-7-9(8-27-15)12-28-13(32-29-12)17(20,22)23/h1-4,7-8H,5-6H2. The lowest BCUT2D eigenvalue weighted by Gasteiger charge is -2.32. The van der Waals surface area contributed by atoms with Gasteiger partial charge in [-0.1, -0.05) is 35.0 Å². The topological polar surface area (TPSA) is 85.0 Å². The molecule has 1 aliphatic carbocycles. The molecule has 1 fully saturated rings. The Bertz CT molecular complexity index is 1160. The van der Waals surface area contributed by atoms with Crippen molar-refractivity contribution in [3.63, 3.8) is 0 Å². The van der Waals surface area contributed by atoms with Crippen molar-refractivity contribution in [3.8, 4) is 11.4 Å². The third-order valence-corrected chi connectivity index (χ3v) is 5.39. The number of hydrogen-bond donors (Lipinski definition) is 0. The highest BCUT2D eigenvalue weighted by Crippen LogP contribution is 2.55. The van der Waals surface area contributed by atoms with Gasteiger partial charge in [-0.2, -0.15) is 22.5 Å². The Balaban J connectivity index is 1.74. The molecule has 1 saturated carbocycles. The highest BCUT2D eigenvalue weighted by Gasteiger charge is 2.58. The summed E-state index contributed by atoms with van der Waals surface area (Å²) < 4.78 is 58.3. The van der Waals surface area contributed by atoms with Gasteiger partial charge in [0.25, 0.3) is 0 Å². The minimum Gasteiger partial charge on any atom is -0.331 e. The van der Waals surface area contributed by atoms with Crippen LogP contribution in [0.4, 0.5) is 23.5 Å². The molecule has 32 heavy (non-hydrogen) atoms. The summed E-state index contributed by atoms with van der Waals surface area (Å²) >= 11 is 16.1. The summed E-state index contributed by atoms with van der Waals surface area (Å²) in [7, 11) is 0. The van der Waals surface area contributed by atoms with E-state index in [4.69, 9.17) is 34.8 Å². The van der Waals surface area contributed by atoms with Crippen LogP contribution in [0.2, 0.25) is 5.02 Å². The number of carbonyl (C=O) groups is 1. The molecule has 2 aromatic heterocycles. The fraction of sp³-hybridized carbons (Fsp3) is 0.278. The molecule has 0 unspecified atom stereocenters. The molecule has 4 rings (SSSR count). The van der Waals surface area contributed by atoms with E-state index in [2.05, 4.69) is 24.6 Å². The Kier molecular flexibility index (Phi) is 5.54. The Labute approximate surface area is 192 Å². The van der Waals surface area contributed by atoms with Crippen molar-refractivity contribution in [3.05, 3.63) is 53.1 Å². The van der Waals surface area contributed by atoms with Crippen LogP contribution < -0.4 is 4.90 Å². The highest BCUT2D eigenvalue weighted by atomic mass is 35.5. The van der Waals surface area contributed by atoms with Gasteiger partial charge in [-0.3, -0.25) is 9.69 Å². The molecule has 1 aliphatic rings. The first kappa shape index (κ1) is 22.7. The van der Waals surface area contributed by atoms with Gasteiger partial charge in [-0.25, -0.2) is 9.97 Å². The van der Waals surface area contributed by atoms with Gasteiger partial charge < -0.3 is 4.52 Å². The molecule has 0 radical (unpaired) electrons. The van der Waals surface area contributed by atoms with Crippen LogP contribution in [0, 0.1) is 0 Å². The molecule has 0 aliphatic heterocycles. The molecule has 0 bridgehead atoms. The molecule has 0 spiro atoms. The van der Waals surface area contributed by atoms with Crippen molar-refractivity contribution in [1.29, 1.82) is 0 Å². The molecule has 168 valence electrons. The van der Waals surface area contributed by atoms with E-state index in [9.17, 15) is 22.4 Å². The van der Waals surface area contributed by atoms with Crippen LogP contribution >= 0.6 is 34.8 Å². The fourth-order valence-electron chi connectivity index (χ4n) is 3.18. The molecule has 1 aromatic carbocycles. The van der Waals surface area contributed by atoms with Crippen LogP contribution in [0.25, 0.3) is 11.4 Å². The van der Waals surface area contributed by atoms with E-state index in [-0.39, 0.29) is 16.4 Å². The van der Waals surface area contributed by atoms with Gasteiger partial charge >= 0.3 is 22.6 Å². The van der Waals surface area contributed by atoms with Gasteiger partial charge in [-0.05, 0) is 47.7 Å². The molecule has 14 heteroatoms. The molecule has 0 atom stereocenters. The van der Waals surface area contributed by atoms with Crippen LogP contribution in [0.1, 0.15) is 24.3 Å². The molecule has 1 amide bonds. The number of amides is 1. The van der Waals surface area contributed by atoms with E-state index in [1.165, 1.54) is 0 Å². The van der Waals surface area contributed by atoms with Crippen molar-refractivity contribution in [2.75, 3.05) is 4.90 Å². The predicted octanol–water partition coefficient (Wildman–Crippen LogP) is 5.32. The number of benzene rings is 1. The van der Waals surface area contributed by atoms with Gasteiger partial charge in [0, 0.05) is 17.4 Å². The second-order valence-corrected chi connectivity index (χ2v) is 8.20. The van der Waals surface area contributed by atoms with Crippen molar-refractivity contribution in [2.45, 2.75) is 29.1 Å². The second kappa shape index (κ2) is 7.82. The van der Waals surface area contributed by atoms with Gasteiger partial charge in [0.2, 0.25) is 11.8 Å². The molecule has 0 N–H and O–H groups in total. The zero-order chi connectivity index (χ0) is 23.3. The van der Waals surface area contributed by atoms with Crippen LogP contribution in [0.3, 0.4) is 0 Å². The maximum absolute atomic E-state index is 13.9. The normalized spacial score (nSPS) is 15.5. The summed E-state index contributed by atoms with van der Waals surface area (Å²) in [5, 5.41) is -4.51. The maximum Gasteiger partial charge on any atom is 0.400 e. The number of halogens is 7. The van der Waals surface area contributed by atoms with E-state index < -0.39 is 34.0 Å². The zero-order valence-electron chi connectivity index (χ0n) is 15.6. The van der Waals surface area contributed by atoms with Crippen molar-refractivity contribution in [1.82, 2.24) is 20.1 Å². The van der Waals surface area contributed by atoms with E-state index in [0.29, 0.717) is 23.3 Å². The Hall–Kier alpha value is -2.50. The molecule has 0 saturated heterocycles. The molecular weight excluding hydrogens is 501 g/mol. The highest BCUT2D eigenvalue weighted by molar-refractivity contribution is 6.34. The van der Waals surface area contributed by atoms with E-state index in [0.717, 1.165) is 12.4 Å². The Morgan fingerprint density at radius 3 is 2.22 bits per heavy atom. The van der Waals surface area contributed by atoms with Crippen LogP contribution in [-0.4, -0.2) is 31.4 Å². The first-order valence-corrected chi connectivity index (χ1v) is 9.96. The summed E-state index contributed by atoms with van der Waals surface area (Å²) in [6.45, 7) is 0. The number of aromatic nitrogens is 4. The fourth-order valence-corrected chi connectivity index (χ4v) is 3.65. The minimum atomic E-state index is -4.24. The molecule has 2 heterocycles. The van der Waals surface area contributed by atoms with Crippen LogP contribution in [0.15, 0.2) is 41.2 Å². The van der Waals surface area contributed by atoms with E-state index in [1.807, 2.05) is 0 Å². The summed E-state index contributed by atoms with van der Waals surface area (Å²) in [5.74, 6) is -3.61. The number of rotatable bonds is 6. The second-order valence-electron chi connectivity index (χ2n) is 6.84. The molecule has 7 nitrogen and oxygen atoms in total. The first-order chi connectivity index (χ1) is 14.9. The molecule has 3 aromatic rings. The largest absolute Gasteiger partial charge is 0.400 e. The molecular formula is C18H10Cl3F4N5O2. The lowest BCUT2D eigenvalue weighted by molar-refractivity contribution is -0.133. The number of anilines is 1. The van der Waals surface area contributed by atoms with Gasteiger partial charge in [0.1, 0.15) is 0 Å². The smallest absolute Gasteiger partial charge is 0.331 e. The van der Waals surface area contributed by atoms with Gasteiger partial charge in [0.05, 0.1) is 11.1 Å². The maximum atomic E-state index is 13.9. The van der Waals surface area contributed by atoms with Crippen molar-refractivity contribution < 1.29 is 26.9 Å².